The van der Waals surface area contributed by atoms with E-state index in [0.29, 0.717) is 5.11 Å². The summed E-state index contributed by atoms with van der Waals surface area (Å²) in [4.78, 5) is 12.3. The molecule has 0 aliphatic rings. The third-order valence-electron chi connectivity index (χ3n) is 4.27. The average Bonchev–Trinajstić information content (AvgIpc) is 3.07. The first-order valence-electron chi connectivity index (χ1n) is 8.89. The van der Waals surface area contributed by atoms with Gasteiger partial charge in [0.25, 0.3) is 0 Å². The fourth-order valence-corrected chi connectivity index (χ4v) is 3.12. The highest BCUT2D eigenvalue weighted by atomic mass is 32.1. The standard InChI is InChI=1S/C20H23N3O2S/c1-2-3-6-11-21-20(26)23-22-18(24)12-15-13-25-17-10-9-14-7-4-5-8-16(14)19(15)17/h4-5,7-10,13H,2-3,6,11-12H2,1H3,(H,22,24)(H2,21,23,26). The van der Waals surface area contributed by atoms with Crippen molar-refractivity contribution < 1.29 is 9.21 Å². The molecule has 3 N–H and O–H groups in total. The lowest BCUT2D eigenvalue weighted by molar-refractivity contribution is -0.121. The fraction of sp³-hybridized carbons (Fsp3) is 0.300. The molecule has 0 atom stereocenters. The number of hydrazine groups is 1. The second kappa shape index (κ2) is 8.67. The van der Waals surface area contributed by atoms with Crippen LogP contribution in [0.2, 0.25) is 0 Å². The predicted octanol–water partition coefficient (Wildman–Crippen LogP) is 3.81. The smallest absolute Gasteiger partial charge is 0.242 e. The molecule has 2 aromatic carbocycles. The van der Waals surface area contributed by atoms with E-state index in [-0.39, 0.29) is 12.3 Å². The molecule has 0 spiro atoms. The molecule has 3 aromatic rings. The van der Waals surface area contributed by atoms with E-state index >= 15 is 0 Å². The van der Waals surface area contributed by atoms with Crippen molar-refractivity contribution >= 4 is 45.0 Å². The van der Waals surface area contributed by atoms with Crippen LogP contribution in [0.3, 0.4) is 0 Å². The monoisotopic (exact) mass is 369 g/mol. The van der Waals surface area contributed by atoms with Crippen LogP contribution in [0.15, 0.2) is 47.1 Å². The maximum absolute atomic E-state index is 12.3. The van der Waals surface area contributed by atoms with Crippen LogP contribution in [0.5, 0.6) is 0 Å². The van der Waals surface area contributed by atoms with Gasteiger partial charge >= 0.3 is 0 Å². The largest absolute Gasteiger partial charge is 0.464 e. The van der Waals surface area contributed by atoms with Crippen molar-refractivity contribution in [1.82, 2.24) is 16.2 Å². The van der Waals surface area contributed by atoms with E-state index in [1.807, 2.05) is 30.3 Å². The Balaban J connectivity index is 1.61. The second-order valence-corrected chi connectivity index (χ2v) is 6.64. The molecule has 0 radical (unpaired) electrons. The third kappa shape index (κ3) is 4.32. The highest BCUT2D eigenvalue weighted by molar-refractivity contribution is 7.80. The fourth-order valence-electron chi connectivity index (χ4n) is 2.97. The zero-order valence-corrected chi connectivity index (χ0v) is 15.6. The Hall–Kier alpha value is -2.60. The van der Waals surface area contributed by atoms with Gasteiger partial charge in [0, 0.05) is 17.5 Å². The van der Waals surface area contributed by atoms with Gasteiger partial charge in [-0.05, 0) is 35.5 Å². The normalized spacial score (nSPS) is 10.8. The Bertz CT molecular complexity index is 920. The summed E-state index contributed by atoms with van der Waals surface area (Å²) in [5, 5.41) is 6.69. The van der Waals surface area contributed by atoms with Gasteiger partial charge in [0.2, 0.25) is 5.91 Å². The summed E-state index contributed by atoms with van der Waals surface area (Å²) in [5.41, 5.74) is 7.03. The number of hydrogen-bond donors (Lipinski definition) is 3. The lowest BCUT2D eigenvalue weighted by Crippen LogP contribution is -2.47. The van der Waals surface area contributed by atoms with E-state index in [0.717, 1.165) is 53.1 Å². The molecular formula is C20H23N3O2S. The first-order chi connectivity index (χ1) is 12.7. The van der Waals surface area contributed by atoms with Gasteiger partial charge in [-0.2, -0.15) is 0 Å². The molecule has 136 valence electrons. The Kier molecular flexibility index (Phi) is 6.07. The molecule has 1 heterocycles. The molecule has 26 heavy (non-hydrogen) atoms. The summed E-state index contributed by atoms with van der Waals surface area (Å²) in [6.45, 7) is 2.95. The zero-order valence-electron chi connectivity index (χ0n) is 14.8. The van der Waals surface area contributed by atoms with E-state index in [9.17, 15) is 4.79 Å². The van der Waals surface area contributed by atoms with Gasteiger partial charge in [-0.3, -0.25) is 15.6 Å². The number of fused-ring (bicyclic) bond motifs is 3. The van der Waals surface area contributed by atoms with Crippen LogP contribution in [0.25, 0.3) is 21.7 Å². The Labute approximate surface area is 158 Å². The number of nitrogens with one attached hydrogen (secondary N) is 3. The number of carbonyl (C=O) groups is 1. The summed E-state index contributed by atoms with van der Waals surface area (Å²) in [7, 11) is 0. The molecule has 0 aliphatic heterocycles. The molecular weight excluding hydrogens is 346 g/mol. The minimum absolute atomic E-state index is 0.168. The van der Waals surface area contributed by atoms with E-state index in [1.165, 1.54) is 0 Å². The summed E-state index contributed by atoms with van der Waals surface area (Å²) in [6, 6.07) is 12.0. The van der Waals surface area contributed by atoms with Crippen molar-refractivity contribution in [3.05, 3.63) is 48.2 Å². The van der Waals surface area contributed by atoms with Crippen molar-refractivity contribution in [2.45, 2.75) is 32.6 Å². The Morgan fingerprint density at radius 2 is 1.96 bits per heavy atom. The number of carbonyl (C=O) groups excluding carboxylic acids is 1. The summed E-state index contributed by atoms with van der Waals surface area (Å²) in [6.07, 6.45) is 5.24. The number of furan rings is 1. The van der Waals surface area contributed by atoms with E-state index < -0.39 is 0 Å². The number of benzene rings is 2. The van der Waals surface area contributed by atoms with Crippen molar-refractivity contribution in [1.29, 1.82) is 0 Å². The van der Waals surface area contributed by atoms with Crippen LogP contribution < -0.4 is 16.2 Å². The molecule has 0 bridgehead atoms. The molecule has 0 unspecified atom stereocenters. The Morgan fingerprint density at radius 1 is 1.12 bits per heavy atom. The van der Waals surface area contributed by atoms with Crippen molar-refractivity contribution in [3.8, 4) is 0 Å². The second-order valence-electron chi connectivity index (χ2n) is 6.23. The van der Waals surface area contributed by atoms with E-state index in [1.54, 1.807) is 6.26 Å². The molecule has 0 fully saturated rings. The molecule has 0 saturated heterocycles. The quantitative estimate of drug-likeness (QED) is 0.350. The minimum Gasteiger partial charge on any atom is -0.464 e. The van der Waals surface area contributed by atoms with Crippen molar-refractivity contribution in [3.63, 3.8) is 0 Å². The van der Waals surface area contributed by atoms with Crippen LogP contribution >= 0.6 is 12.2 Å². The lowest BCUT2D eigenvalue weighted by Gasteiger charge is -2.11. The van der Waals surface area contributed by atoms with Gasteiger partial charge in [0.1, 0.15) is 5.58 Å². The van der Waals surface area contributed by atoms with Crippen molar-refractivity contribution in [2.75, 3.05) is 6.54 Å². The molecule has 1 amide bonds. The van der Waals surface area contributed by atoms with Crippen molar-refractivity contribution in [2.24, 2.45) is 0 Å². The molecule has 3 rings (SSSR count). The topological polar surface area (TPSA) is 66.3 Å². The minimum atomic E-state index is -0.168. The molecule has 6 heteroatoms. The van der Waals surface area contributed by atoms with Crippen LogP contribution in [0.4, 0.5) is 0 Å². The summed E-state index contributed by atoms with van der Waals surface area (Å²) < 4.78 is 5.62. The van der Waals surface area contributed by atoms with Gasteiger partial charge in [0.15, 0.2) is 5.11 Å². The maximum atomic E-state index is 12.3. The van der Waals surface area contributed by atoms with Gasteiger partial charge in [-0.15, -0.1) is 0 Å². The average molecular weight is 369 g/mol. The van der Waals surface area contributed by atoms with Crippen LogP contribution in [-0.4, -0.2) is 17.6 Å². The number of rotatable bonds is 6. The predicted molar refractivity (Wildman–Crippen MR) is 109 cm³/mol. The summed E-state index contributed by atoms with van der Waals surface area (Å²) in [5.74, 6) is -0.168. The van der Waals surface area contributed by atoms with E-state index in [4.69, 9.17) is 16.6 Å². The number of unbranched alkanes of at least 4 members (excludes halogenated alkanes) is 2. The lowest BCUT2D eigenvalue weighted by atomic mass is 10.0. The van der Waals surface area contributed by atoms with Gasteiger partial charge in [0.05, 0.1) is 12.7 Å². The molecule has 0 saturated carbocycles. The van der Waals surface area contributed by atoms with Crippen LogP contribution in [-0.2, 0) is 11.2 Å². The SMILES string of the molecule is CCCCCNC(=S)NNC(=O)Cc1coc2ccc3ccccc3c12. The van der Waals surface area contributed by atoms with E-state index in [2.05, 4.69) is 29.2 Å². The Morgan fingerprint density at radius 3 is 2.81 bits per heavy atom. The van der Waals surface area contributed by atoms with Crippen LogP contribution in [0, 0.1) is 0 Å². The first kappa shape index (κ1) is 18.2. The first-order valence-corrected chi connectivity index (χ1v) is 9.30. The highest BCUT2D eigenvalue weighted by Gasteiger charge is 2.13. The van der Waals surface area contributed by atoms with Crippen LogP contribution in [0.1, 0.15) is 31.7 Å². The maximum Gasteiger partial charge on any atom is 0.242 e. The highest BCUT2D eigenvalue weighted by Crippen LogP contribution is 2.29. The number of hydrogen-bond acceptors (Lipinski definition) is 3. The van der Waals surface area contributed by atoms with Gasteiger partial charge in [-0.1, -0.05) is 50.1 Å². The van der Waals surface area contributed by atoms with Gasteiger partial charge < -0.3 is 9.73 Å². The zero-order chi connectivity index (χ0) is 18.4. The summed E-state index contributed by atoms with van der Waals surface area (Å²) >= 11 is 5.15. The molecule has 0 aliphatic carbocycles. The third-order valence-corrected chi connectivity index (χ3v) is 4.52. The molecule has 5 nitrogen and oxygen atoms in total. The number of amides is 1. The number of thiocarbonyl (C=S) groups is 1. The molecule has 1 aromatic heterocycles. The van der Waals surface area contributed by atoms with Gasteiger partial charge in [-0.25, -0.2) is 0 Å².